The van der Waals surface area contributed by atoms with Crippen molar-refractivity contribution in [3.8, 4) is 10.6 Å². The lowest BCUT2D eigenvalue weighted by Crippen LogP contribution is -2.32. The summed E-state index contributed by atoms with van der Waals surface area (Å²) in [5.74, 6) is -0.275. The zero-order valence-corrected chi connectivity index (χ0v) is 14.2. The van der Waals surface area contributed by atoms with E-state index in [4.69, 9.17) is 11.6 Å². The molecule has 122 valence electrons. The van der Waals surface area contributed by atoms with E-state index in [1.807, 2.05) is 17.5 Å². The highest BCUT2D eigenvalue weighted by atomic mass is 35.5. The predicted molar refractivity (Wildman–Crippen MR) is 95.6 cm³/mol. The fraction of sp³-hybridized carbons (Fsp3) is 0.118. The Balaban J connectivity index is 1.67. The first-order valence-electron chi connectivity index (χ1n) is 7.30. The molecule has 0 atom stereocenters. The number of aromatic nitrogens is 2. The molecule has 0 aliphatic carbocycles. The summed E-state index contributed by atoms with van der Waals surface area (Å²) in [6.07, 6.45) is 0. The normalized spacial score (nSPS) is 10.5. The minimum Gasteiger partial charge on any atom is -0.350 e. The van der Waals surface area contributed by atoms with Gasteiger partial charge in [-0.1, -0.05) is 29.8 Å². The van der Waals surface area contributed by atoms with E-state index in [1.54, 1.807) is 41.7 Å². The van der Waals surface area contributed by atoms with Crippen LogP contribution in [0.4, 0.5) is 0 Å². The van der Waals surface area contributed by atoms with Crippen molar-refractivity contribution in [3.05, 3.63) is 74.9 Å². The van der Waals surface area contributed by atoms with Crippen molar-refractivity contribution in [2.45, 2.75) is 6.54 Å². The second-order valence-corrected chi connectivity index (χ2v) is 6.35. The first-order valence-corrected chi connectivity index (χ1v) is 8.56. The maximum absolute atomic E-state index is 12.1. The van der Waals surface area contributed by atoms with Gasteiger partial charge < -0.3 is 5.32 Å². The zero-order valence-electron chi connectivity index (χ0n) is 12.6. The number of hydrogen-bond donors (Lipinski definition) is 1. The molecule has 0 unspecified atom stereocenters. The van der Waals surface area contributed by atoms with Crippen molar-refractivity contribution in [2.75, 3.05) is 6.54 Å². The minimum absolute atomic E-state index is 0.206. The lowest BCUT2D eigenvalue weighted by molar-refractivity contribution is 0.0952. The Hall–Kier alpha value is -2.44. The fourth-order valence-corrected chi connectivity index (χ4v) is 3.09. The van der Waals surface area contributed by atoms with Crippen LogP contribution in [0.5, 0.6) is 0 Å². The van der Waals surface area contributed by atoms with E-state index < -0.39 is 0 Å². The molecule has 24 heavy (non-hydrogen) atoms. The SMILES string of the molecule is O=C(NCCn1nc(-c2cccs2)ccc1=O)c1ccccc1Cl. The van der Waals surface area contributed by atoms with Crippen molar-refractivity contribution in [1.82, 2.24) is 15.1 Å². The summed E-state index contributed by atoms with van der Waals surface area (Å²) in [7, 11) is 0. The van der Waals surface area contributed by atoms with E-state index in [0.717, 1.165) is 10.6 Å². The number of nitrogens with zero attached hydrogens (tertiary/aromatic N) is 2. The van der Waals surface area contributed by atoms with Crippen LogP contribution in [-0.2, 0) is 6.54 Å². The molecule has 0 radical (unpaired) electrons. The van der Waals surface area contributed by atoms with Gasteiger partial charge in [0, 0.05) is 12.6 Å². The number of carbonyl (C=O) groups is 1. The smallest absolute Gasteiger partial charge is 0.266 e. The van der Waals surface area contributed by atoms with Crippen LogP contribution in [0, 0.1) is 0 Å². The molecule has 2 heterocycles. The summed E-state index contributed by atoms with van der Waals surface area (Å²) in [5.41, 5.74) is 0.941. The van der Waals surface area contributed by atoms with Gasteiger partial charge in [0.1, 0.15) is 5.69 Å². The van der Waals surface area contributed by atoms with Crippen molar-refractivity contribution in [1.29, 1.82) is 0 Å². The maximum atomic E-state index is 12.1. The van der Waals surface area contributed by atoms with Crippen LogP contribution in [0.2, 0.25) is 5.02 Å². The molecular weight excluding hydrogens is 346 g/mol. The summed E-state index contributed by atoms with van der Waals surface area (Å²) >= 11 is 7.55. The average molecular weight is 360 g/mol. The average Bonchev–Trinajstić information content (AvgIpc) is 3.11. The molecule has 1 N–H and O–H groups in total. The van der Waals surface area contributed by atoms with Gasteiger partial charge in [0.2, 0.25) is 0 Å². The summed E-state index contributed by atoms with van der Waals surface area (Å²) in [6.45, 7) is 0.569. The standard InChI is InChI=1S/C17H14ClN3O2S/c18-13-5-2-1-4-12(13)17(23)19-9-10-21-16(22)8-7-14(20-21)15-6-3-11-24-15/h1-8,11H,9-10H2,(H,19,23). The number of amides is 1. The molecule has 3 rings (SSSR count). The number of benzene rings is 1. The molecule has 1 amide bonds. The largest absolute Gasteiger partial charge is 0.350 e. The molecule has 3 aromatic rings. The number of hydrogen-bond acceptors (Lipinski definition) is 4. The third-order valence-electron chi connectivity index (χ3n) is 3.37. The molecule has 7 heteroatoms. The number of rotatable bonds is 5. The maximum Gasteiger partial charge on any atom is 0.266 e. The second kappa shape index (κ2) is 7.42. The van der Waals surface area contributed by atoms with Gasteiger partial charge in [-0.2, -0.15) is 5.10 Å². The first kappa shape index (κ1) is 16.4. The van der Waals surface area contributed by atoms with E-state index in [-0.39, 0.29) is 24.6 Å². The zero-order chi connectivity index (χ0) is 16.9. The van der Waals surface area contributed by atoms with Gasteiger partial charge in [0.15, 0.2) is 0 Å². The highest BCUT2D eigenvalue weighted by molar-refractivity contribution is 7.13. The van der Waals surface area contributed by atoms with Gasteiger partial charge in [-0.05, 0) is 29.6 Å². The van der Waals surface area contributed by atoms with E-state index in [1.165, 1.54) is 10.7 Å². The van der Waals surface area contributed by atoms with Gasteiger partial charge in [0.25, 0.3) is 11.5 Å². The Morgan fingerprint density at radius 2 is 2.00 bits per heavy atom. The quantitative estimate of drug-likeness (QED) is 0.761. The molecule has 0 aliphatic heterocycles. The molecular formula is C17H14ClN3O2S. The van der Waals surface area contributed by atoms with Gasteiger partial charge in [-0.25, -0.2) is 4.68 Å². The Morgan fingerprint density at radius 1 is 1.17 bits per heavy atom. The van der Waals surface area contributed by atoms with Crippen LogP contribution in [0.1, 0.15) is 10.4 Å². The number of thiophene rings is 1. The van der Waals surface area contributed by atoms with Crippen LogP contribution in [0.3, 0.4) is 0 Å². The molecule has 2 aromatic heterocycles. The molecule has 0 bridgehead atoms. The summed E-state index contributed by atoms with van der Waals surface area (Å²) in [4.78, 5) is 25.0. The van der Waals surface area contributed by atoms with Crippen molar-refractivity contribution >= 4 is 28.8 Å². The van der Waals surface area contributed by atoms with Crippen LogP contribution >= 0.6 is 22.9 Å². The second-order valence-electron chi connectivity index (χ2n) is 4.99. The van der Waals surface area contributed by atoms with Crippen LogP contribution in [0.15, 0.2) is 58.7 Å². The lowest BCUT2D eigenvalue weighted by Gasteiger charge is -2.08. The summed E-state index contributed by atoms with van der Waals surface area (Å²) in [6, 6.07) is 13.9. The molecule has 0 aliphatic rings. The van der Waals surface area contributed by atoms with Gasteiger partial charge in [-0.15, -0.1) is 11.3 Å². The fourth-order valence-electron chi connectivity index (χ4n) is 2.18. The van der Waals surface area contributed by atoms with Gasteiger partial charge in [0.05, 0.1) is 22.0 Å². The Morgan fingerprint density at radius 3 is 2.75 bits per heavy atom. The monoisotopic (exact) mass is 359 g/mol. The van der Waals surface area contributed by atoms with E-state index in [0.29, 0.717) is 10.6 Å². The van der Waals surface area contributed by atoms with E-state index in [9.17, 15) is 9.59 Å². The third kappa shape index (κ3) is 3.72. The molecule has 0 saturated heterocycles. The molecule has 0 saturated carbocycles. The van der Waals surface area contributed by atoms with Gasteiger partial charge in [-0.3, -0.25) is 9.59 Å². The van der Waals surface area contributed by atoms with Crippen molar-refractivity contribution in [2.24, 2.45) is 0 Å². The highest BCUT2D eigenvalue weighted by Gasteiger charge is 2.09. The first-order chi connectivity index (χ1) is 11.6. The molecule has 0 spiro atoms. The molecule has 0 fully saturated rings. The number of carbonyl (C=O) groups excluding carboxylic acids is 1. The summed E-state index contributed by atoms with van der Waals surface area (Å²) in [5, 5.41) is 9.44. The highest BCUT2D eigenvalue weighted by Crippen LogP contribution is 2.21. The number of nitrogens with one attached hydrogen (secondary N) is 1. The van der Waals surface area contributed by atoms with Gasteiger partial charge >= 0.3 is 0 Å². The Kier molecular flexibility index (Phi) is 5.08. The van der Waals surface area contributed by atoms with E-state index in [2.05, 4.69) is 10.4 Å². The Bertz CT molecular complexity index is 906. The van der Waals surface area contributed by atoms with Crippen molar-refractivity contribution in [3.63, 3.8) is 0 Å². The minimum atomic E-state index is -0.275. The summed E-state index contributed by atoms with van der Waals surface area (Å²) < 4.78 is 1.35. The van der Waals surface area contributed by atoms with Crippen LogP contribution in [-0.4, -0.2) is 22.2 Å². The predicted octanol–water partition coefficient (Wildman–Crippen LogP) is 3.06. The van der Waals surface area contributed by atoms with Crippen molar-refractivity contribution < 1.29 is 4.79 Å². The van der Waals surface area contributed by atoms with Crippen LogP contribution in [0.25, 0.3) is 10.6 Å². The van der Waals surface area contributed by atoms with E-state index >= 15 is 0 Å². The lowest BCUT2D eigenvalue weighted by atomic mass is 10.2. The molecule has 5 nitrogen and oxygen atoms in total. The Labute approximate surface area is 147 Å². The third-order valence-corrected chi connectivity index (χ3v) is 4.59. The van der Waals surface area contributed by atoms with Crippen LogP contribution < -0.4 is 10.9 Å². The number of halogens is 1. The molecule has 1 aromatic carbocycles. The topological polar surface area (TPSA) is 64.0 Å².